The van der Waals surface area contributed by atoms with Crippen molar-refractivity contribution in [1.29, 1.82) is 0 Å². The molecule has 168 valence electrons. The number of rotatable bonds is 7. The molecule has 0 saturated carbocycles. The van der Waals surface area contributed by atoms with E-state index in [0.29, 0.717) is 17.5 Å². The Morgan fingerprint density at radius 2 is 1.68 bits per heavy atom. The number of carbonyl (C=O) groups excluding carboxylic acids is 1. The molecule has 1 aliphatic rings. The Balaban J connectivity index is 1.68. The molecular formula is C25H33NO4S. The molecule has 0 amide bonds. The number of aryl methyl sites for hydroxylation is 1. The summed E-state index contributed by atoms with van der Waals surface area (Å²) in [6, 6.07) is 13.2. The molecule has 2 aromatic carbocycles. The van der Waals surface area contributed by atoms with Crippen molar-refractivity contribution in [3.8, 4) is 0 Å². The fourth-order valence-electron chi connectivity index (χ4n) is 3.92. The predicted octanol–water partition coefficient (Wildman–Crippen LogP) is 4.36. The number of ketones is 1. The zero-order chi connectivity index (χ0) is 22.8. The lowest BCUT2D eigenvalue weighted by Gasteiger charge is -2.37. The number of hydrogen-bond donors (Lipinski definition) is 0. The summed E-state index contributed by atoms with van der Waals surface area (Å²) in [4.78, 5) is 15.1. The van der Waals surface area contributed by atoms with E-state index in [9.17, 15) is 13.2 Å². The van der Waals surface area contributed by atoms with Crippen LogP contribution in [-0.4, -0.2) is 44.7 Å². The second kappa shape index (κ2) is 9.53. The molecule has 0 unspecified atom stereocenters. The van der Waals surface area contributed by atoms with Crippen molar-refractivity contribution in [1.82, 2.24) is 0 Å². The lowest BCUT2D eigenvalue weighted by atomic mass is 9.98. The third-order valence-electron chi connectivity index (χ3n) is 5.82. The van der Waals surface area contributed by atoms with Crippen molar-refractivity contribution >= 4 is 21.3 Å². The number of nitrogens with zero attached hydrogens (tertiary/aromatic N) is 1. The molecule has 2 atom stereocenters. The van der Waals surface area contributed by atoms with Gasteiger partial charge in [-0.15, -0.1) is 0 Å². The van der Waals surface area contributed by atoms with Gasteiger partial charge in [0, 0.05) is 30.8 Å². The molecule has 0 aromatic heterocycles. The van der Waals surface area contributed by atoms with Crippen LogP contribution in [0, 0.1) is 6.92 Å². The topological polar surface area (TPSA) is 63.7 Å². The predicted molar refractivity (Wildman–Crippen MR) is 126 cm³/mol. The maximum Gasteiger partial charge on any atom is 0.167 e. The van der Waals surface area contributed by atoms with Gasteiger partial charge < -0.3 is 9.64 Å². The Morgan fingerprint density at radius 3 is 2.23 bits per heavy atom. The minimum Gasteiger partial charge on any atom is -0.372 e. The van der Waals surface area contributed by atoms with E-state index in [1.165, 1.54) is 0 Å². The number of anilines is 1. The van der Waals surface area contributed by atoms with E-state index >= 15 is 0 Å². The average Bonchev–Trinajstić information content (AvgIpc) is 2.69. The third-order valence-corrected chi connectivity index (χ3v) is 8.00. The summed E-state index contributed by atoms with van der Waals surface area (Å²) in [5.74, 6) is 0.0288. The van der Waals surface area contributed by atoms with Crippen LogP contribution in [0.15, 0.2) is 42.5 Å². The van der Waals surface area contributed by atoms with Crippen LogP contribution in [0.2, 0.25) is 0 Å². The van der Waals surface area contributed by atoms with Crippen LogP contribution in [0.25, 0.3) is 0 Å². The van der Waals surface area contributed by atoms with E-state index < -0.39 is 15.1 Å². The van der Waals surface area contributed by atoms with Crippen molar-refractivity contribution < 1.29 is 17.9 Å². The summed E-state index contributed by atoms with van der Waals surface area (Å²) >= 11 is 0. The third kappa shape index (κ3) is 5.95. The monoisotopic (exact) mass is 443 g/mol. The SMILES string of the molecule is Cc1cc(N2C[C@@H](C)O[C@@H](C)C2)ccc1CC(=O)c1ccc(CS(=O)(=O)C(C)C)cc1. The summed E-state index contributed by atoms with van der Waals surface area (Å²) in [5.41, 5.74) is 4.57. The Kier molecular flexibility index (Phi) is 7.22. The van der Waals surface area contributed by atoms with E-state index in [4.69, 9.17) is 4.74 Å². The van der Waals surface area contributed by atoms with Gasteiger partial charge in [-0.1, -0.05) is 30.3 Å². The number of hydrogen-bond acceptors (Lipinski definition) is 5. The molecule has 0 aliphatic carbocycles. The van der Waals surface area contributed by atoms with Crippen LogP contribution < -0.4 is 4.90 Å². The summed E-state index contributed by atoms with van der Waals surface area (Å²) in [7, 11) is -3.16. The number of Topliss-reactive ketones (excluding diaryl/α,β-unsaturated/α-hetero) is 1. The van der Waals surface area contributed by atoms with Crippen LogP contribution in [0.4, 0.5) is 5.69 Å². The highest BCUT2D eigenvalue weighted by Gasteiger charge is 2.23. The van der Waals surface area contributed by atoms with E-state index in [-0.39, 0.29) is 23.7 Å². The first kappa shape index (κ1) is 23.5. The molecule has 1 fully saturated rings. The van der Waals surface area contributed by atoms with Gasteiger partial charge in [0.05, 0.1) is 23.2 Å². The Morgan fingerprint density at radius 1 is 1.06 bits per heavy atom. The number of morpholine rings is 1. The van der Waals surface area contributed by atoms with Gasteiger partial charge in [0.25, 0.3) is 0 Å². The molecule has 31 heavy (non-hydrogen) atoms. The Bertz CT molecular complexity index is 1020. The first-order chi connectivity index (χ1) is 14.5. The van der Waals surface area contributed by atoms with Crippen LogP contribution in [0.5, 0.6) is 0 Å². The van der Waals surface area contributed by atoms with Crippen molar-refractivity contribution in [2.75, 3.05) is 18.0 Å². The van der Waals surface area contributed by atoms with Crippen LogP contribution in [0.1, 0.15) is 54.7 Å². The zero-order valence-corrected chi connectivity index (χ0v) is 19.9. The van der Waals surface area contributed by atoms with Gasteiger partial charge >= 0.3 is 0 Å². The molecule has 1 aliphatic heterocycles. The summed E-state index contributed by atoms with van der Waals surface area (Å²) < 4.78 is 30.0. The molecule has 0 bridgehead atoms. The highest BCUT2D eigenvalue weighted by Crippen LogP contribution is 2.24. The lowest BCUT2D eigenvalue weighted by Crippen LogP contribution is -2.45. The quantitative estimate of drug-likeness (QED) is 0.595. The van der Waals surface area contributed by atoms with Gasteiger partial charge in [0.15, 0.2) is 15.6 Å². The largest absolute Gasteiger partial charge is 0.372 e. The highest BCUT2D eigenvalue weighted by molar-refractivity contribution is 7.91. The van der Waals surface area contributed by atoms with Crippen LogP contribution >= 0.6 is 0 Å². The first-order valence-corrected chi connectivity index (χ1v) is 12.6. The summed E-state index contributed by atoms with van der Waals surface area (Å²) in [6.07, 6.45) is 0.721. The molecule has 0 spiro atoms. The Labute approximate surface area is 186 Å². The van der Waals surface area contributed by atoms with Gasteiger partial charge in [-0.25, -0.2) is 8.42 Å². The summed E-state index contributed by atoms with van der Waals surface area (Å²) in [5, 5.41) is -0.413. The van der Waals surface area contributed by atoms with Crippen LogP contribution in [0.3, 0.4) is 0 Å². The fraction of sp³-hybridized carbons (Fsp3) is 0.480. The van der Waals surface area contributed by atoms with Gasteiger partial charge in [-0.05, 0) is 63.4 Å². The molecule has 5 nitrogen and oxygen atoms in total. The highest BCUT2D eigenvalue weighted by atomic mass is 32.2. The molecule has 1 saturated heterocycles. The zero-order valence-electron chi connectivity index (χ0n) is 19.1. The number of benzene rings is 2. The molecule has 1 heterocycles. The minimum atomic E-state index is -3.16. The molecule has 0 N–H and O–H groups in total. The van der Waals surface area contributed by atoms with E-state index in [1.807, 2.05) is 13.0 Å². The molecule has 3 rings (SSSR count). The second-order valence-corrected chi connectivity index (χ2v) is 11.5. The molecule has 0 radical (unpaired) electrons. The number of carbonyl (C=O) groups is 1. The average molecular weight is 444 g/mol. The standard InChI is InChI=1S/C25H33NO4S/c1-17(2)31(28,29)16-21-6-8-22(9-7-21)25(27)13-23-10-11-24(12-18(23)3)26-14-19(4)30-20(5)15-26/h6-12,17,19-20H,13-16H2,1-5H3/t19-,20+. The summed E-state index contributed by atoms with van der Waals surface area (Å²) in [6.45, 7) is 11.3. The molecular weight excluding hydrogens is 410 g/mol. The van der Waals surface area contributed by atoms with E-state index in [1.54, 1.807) is 38.1 Å². The molecule has 6 heteroatoms. The smallest absolute Gasteiger partial charge is 0.167 e. The molecule has 2 aromatic rings. The van der Waals surface area contributed by atoms with Crippen molar-refractivity contribution in [2.24, 2.45) is 0 Å². The van der Waals surface area contributed by atoms with E-state index in [0.717, 1.165) is 29.9 Å². The van der Waals surface area contributed by atoms with Crippen molar-refractivity contribution in [3.63, 3.8) is 0 Å². The number of sulfone groups is 1. The van der Waals surface area contributed by atoms with Gasteiger partial charge in [0.1, 0.15) is 0 Å². The van der Waals surface area contributed by atoms with Crippen molar-refractivity contribution in [3.05, 3.63) is 64.7 Å². The maximum absolute atomic E-state index is 12.8. The Hall–Kier alpha value is -2.18. The van der Waals surface area contributed by atoms with E-state index in [2.05, 4.69) is 30.9 Å². The van der Waals surface area contributed by atoms with Crippen LogP contribution in [-0.2, 0) is 26.7 Å². The maximum atomic E-state index is 12.8. The second-order valence-electron chi connectivity index (χ2n) is 8.93. The first-order valence-electron chi connectivity index (χ1n) is 10.9. The van der Waals surface area contributed by atoms with Gasteiger partial charge in [-0.2, -0.15) is 0 Å². The fourth-order valence-corrected chi connectivity index (χ4v) is 4.92. The normalized spacial score (nSPS) is 19.6. The lowest BCUT2D eigenvalue weighted by molar-refractivity contribution is -0.00522. The van der Waals surface area contributed by atoms with Gasteiger partial charge in [0.2, 0.25) is 0 Å². The van der Waals surface area contributed by atoms with Gasteiger partial charge in [-0.3, -0.25) is 4.79 Å². The minimum absolute atomic E-state index is 0.00151. The van der Waals surface area contributed by atoms with Crippen molar-refractivity contribution in [2.45, 2.75) is 64.3 Å². The number of ether oxygens (including phenoxy) is 1.